The van der Waals surface area contributed by atoms with Crippen molar-refractivity contribution < 1.29 is 18.6 Å². The largest absolute Gasteiger partial charge is 0.397 e. The molecule has 7 nitrogen and oxygen atoms in total. The molecule has 7 N–H and O–H groups in total. The number of rotatable bonds is 5. The zero-order valence-corrected chi connectivity index (χ0v) is 9.81. The van der Waals surface area contributed by atoms with Gasteiger partial charge in [0.15, 0.2) is 0 Å². The Morgan fingerprint density at radius 3 is 2.59 bits per heavy atom. The van der Waals surface area contributed by atoms with Gasteiger partial charge in [-0.05, 0) is 18.2 Å². The number of sulfonamides is 1. The van der Waals surface area contributed by atoms with E-state index in [0.717, 1.165) is 0 Å². The Kier molecular flexibility index (Phi) is 4.29. The number of nitrogens with one attached hydrogen (secondary N) is 1. The zero-order chi connectivity index (χ0) is 13.1. The fraction of sp³-hybridized carbons (Fsp3) is 0.333. The molecular formula is C9H15N3O4S. The van der Waals surface area contributed by atoms with E-state index in [2.05, 4.69) is 5.32 Å². The van der Waals surface area contributed by atoms with Gasteiger partial charge in [-0.25, -0.2) is 13.6 Å². The van der Waals surface area contributed by atoms with Crippen LogP contribution in [0.15, 0.2) is 23.1 Å². The van der Waals surface area contributed by atoms with Crippen molar-refractivity contribution in [2.24, 2.45) is 5.14 Å². The Hall–Kier alpha value is -1.35. The van der Waals surface area contributed by atoms with Crippen LogP contribution in [0.5, 0.6) is 0 Å². The van der Waals surface area contributed by atoms with Crippen molar-refractivity contribution in [2.45, 2.75) is 11.0 Å². The number of anilines is 2. The quantitative estimate of drug-likeness (QED) is 0.417. The third-order valence-corrected chi connectivity index (χ3v) is 3.00. The smallest absolute Gasteiger partial charge is 0.238 e. The highest BCUT2D eigenvalue weighted by Crippen LogP contribution is 2.21. The highest BCUT2D eigenvalue weighted by molar-refractivity contribution is 7.89. The molecule has 1 rings (SSSR count). The minimum absolute atomic E-state index is 0.0504. The fourth-order valence-electron chi connectivity index (χ4n) is 1.16. The van der Waals surface area contributed by atoms with Crippen molar-refractivity contribution in [3.8, 4) is 0 Å². The van der Waals surface area contributed by atoms with Crippen molar-refractivity contribution >= 4 is 21.4 Å². The van der Waals surface area contributed by atoms with Crippen LogP contribution in [0.2, 0.25) is 0 Å². The number of nitrogen functional groups attached to an aromatic ring is 1. The molecule has 0 amide bonds. The second-order valence-corrected chi connectivity index (χ2v) is 5.07. The van der Waals surface area contributed by atoms with Crippen LogP contribution in [0.4, 0.5) is 11.4 Å². The molecule has 0 fully saturated rings. The van der Waals surface area contributed by atoms with Gasteiger partial charge in [0.05, 0.1) is 29.0 Å². The van der Waals surface area contributed by atoms with Gasteiger partial charge in [-0.1, -0.05) is 0 Å². The first-order valence-electron chi connectivity index (χ1n) is 4.79. The molecule has 0 heterocycles. The van der Waals surface area contributed by atoms with Crippen LogP contribution < -0.4 is 16.2 Å². The molecule has 0 spiro atoms. The van der Waals surface area contributed by atoms with E-state index in [4.69, 9.17) is 21.1 Å². The van der Waals surface area contributed by atoms with Crippen molar-refractivity contribution in [3.05, 3.63) is 18.2 Å². The van der Waals surface area contributed by atoms with Crippen molar-refractivity contribution in [3.63, 3.8) is 0 Å². The SMILES string of the molecule is Nc1ccc(S(N)(=O)=O)cc1NCC(O)CO. The molecular weight excluding hydrogens is 246 g/mol. The Morgan fingerprint density at radius 1 is 1.41 bits per heavy atom. The van der Waals surface area contributed by atoms with Gasteiger partial charge in [0, 0.05) is 6.54 Å². The molecule has 1 unspecified atom stereocenters. The summed E-state index contributed by atoms with van der Waals surface area (Å²) in [6, 6.07) is 3.96. The van der Waals surface area contributed by atoms with Crippen LogP contribution in [0.25, 0.3) is 0 Å². The van der Waals surface area contributed by atoms with Gasteiger partial charge in [-0.2, -0.15) is 0 Å². The van der Waals surface area contributed by atoms with Gasteiger partial charge >= 0.3 is 0 Å². The van der Waals surface area contributed by atoms with Crippen LogP contribution in [0.1, 0.15) is 0 Å². The number of aliphatic hydroxyl groups is 2. The minimum atomic E-state index is -3.79. The summed E-state index contributed by atoms with van der Waals surface area (Å²) < 4.78 is 22.2. The monoisotopic (exact) mass is 261 g/mol. The molecule has 1 atom stereocenters. The predicted molar refractivity (Wildman–Crippen MR) is 63.8 cm³/mol. The Bertz CT molecular complexity index is 489. The van der Waals surface area contributed by atoms with Crippen LogP contribution in [-0.2, 0) is 10.0 Å². The molecule has 0 aliphatic carbocycles. The lowest BCUT2D eigenvalue weighted by Gasteiger charge is -2.13. The van der Waals surface area contributed by atoms with E-state index in [1.807, 2.05) is 0 Å². The first-order chi connectivity index (χ1) is 7.84. The van der Waals surface area contributed by atoms with E-state index in [1.54, 1.807) is 0 Å². The molecule has 0 bridgehead atoms. The standard InChI is InChI=1S/C9H15N3O4S/c10-8-2-1-7(17(11,15)16)3-9(8)12-4-6(14)5-13/h1-3,6,12-14H,4-5,10H2,(H2,11,15,16). The third-order valence-electron chi connectivity index (χ3n) is 2.09. The zero-order valence-electron chi connectivity index (χ0n) is 9.00. The maximum Gasteiger partial charge on any atom is 0.238 e. The fourth-order valence-corrected chi connectivity index (χ4v) is 1.70. The van der Waals surface area contributed by atoms with Crippen LogP contribution in [-0.4, -0.2) is 37.9 Å². The van der Waals surface area contributed by atoms with Crippen molar-refractivity contribution in [2.75, 3.05) is 24.2 Å². The van der Waals surface area contributed by atoms with Gasteiger partial charge in [-0.15, -0.1) is 0 Å². The van der Waals surface area contributed by atoms with Gasteiger partial charge in [0.2, 0.25) is 10.0 Å². The molecule has 0 aliphatic rings. The molecule has 1 aromatic carbocycles. The second kappa shape index (κ2) is 5.32. The highest BCUT2D eigenvalue weighted by atomic mass is 32.2. The molecule has 0 saturated heterocycles. The number of hydrogen-bond donors (Lipinski definition) is 5. The number of benzene rings is 1. The molecule has 17 heavy (non-hydrogen) atoms. The van der Waals surface area contributed by atoms with E-state index >= 15 is 0 Å². The average Bonchev–Trinajstić information content (AvgIpc) is 2.26. The third kappa shape index (κ3) is 3.86. The van der Waals surface area contributed by atoms with Gasteiger partial charge < -0.3 is 21.3 Å². The maximum atomic E-state index is 11.1. The average molecular weight is 261 g/mol. The van der Waals surface area contributed by atoms with E-state index in [-0.39, 0.29) is 11.4 Å². The summed E-state index contributed by atoms with van der Waals surface area (Å²) in [6.07, 6.45) is -0.951. The number of hydrogen-bond acceptors (Lipinski definition) is 6. The second-order valence-electron chi connectivity index (χ2n) is 3.51. The van der Waals surface area contributed by atoms with E-state index in [9.17, 15) is 8.42 Å². The van der Waals surface area contributed by atoms with Crippen LogP contribution in [0.3, 0.4) is 0 Å². The summed E-state index contributed by atoms with van der Waals surface area (Å²) in [6.45, 7) is -0.351. The molecule has 0 aromatic heterocycles. The normalized spacial score (nSPS) is 13.4. The van der Waals surface area contributed by atoms with Gasteiger partial charge in [0.1, 0.15) is 0 Å². The maximum absolute atomic E-state index is 11.1. The minimum Gasteiger partial charge on any atom is -0.397 e. The predicted octanol–water partition coefficient (Wildman–Crippen LogP) is -1.32. The molecule has 96 valence electrons. The molecule has 0 radical (unpaired) electrons. The van der Waals surface area contributed by atoms with Crippen LogP contribution in [0, 0.1) is 0 Å². The Morgan fingerprint density at radius 2 is 2.06 bits per heavy atom. The topological polar surface area (TPSA) is 139 Å². The molecule has 1 aromatic rings. The lowest BCUT2D eigenvalue weighted by atomic mass is 10.2. The highest BCUT2D eigenvalue weighted by Gasteiger charge is 2.11. The lowest BCUT2D eigenvalue weighted by Crippen LogP contribution is -2.23. The summed E-state index contributed by atoms with van der Waals surface area (Å²) in [4.78, 5) is -0.0762. The van der Waals surface area contributed by atoms with E-state index < -0.39 is 22.7 Å². The summed E-state index contributed by atoms with van der Waals surface area (Å²) in [5, 5.41) is 25.5. The summed E-state index contributed by atoms with van der Waals surface area (Å²) in [5.74, 6) is 0. The van der Waals surface area contributed by atoms with Crippen molar-refractivity contribution in [1.29, 1.82) is 0 Å². The van der Waals surface area contributed by atoms with Gasteiger partial charge in [0.25, 0.3) is 0 Å². The van der Waals surface area contributed by atoms with Crippen molar-refractivity contribution in [1.82, 2.24) is 0 Å². The Labute approximate surface area is 99.1 Å². The molecule has 0 saturated carbocycles. The van der Waals surface area contributed by atoms with Gasteiger partial charge in [-0.3, -0.25) is 0 Å². The summed E-state index contributed by atoms with van der Waals surface area (Å²) in [5.41, 5.74) is 6.28. The number of aliphatic hydroxyl groups excluding tert-OH is 2. The lowest BCUT2D eigenvalue weighted by molar-refractivity contribution is 0.105. The molecule has 0 aliphatic heterocycles. The first kappa shape index (κ1) is 13.7. The number of nitrogens with two attached hydrogens (primary N) is 2. The van der Waals surface area contributed by atoms with E-state index in [1.165, 1.54) is 18.2 Å². The van der Waals surface area contributed by atoms with Crippen LogP contribution >= 0.6 is 0 Å². The first-order valence-corrected chi connectivity index (χ1v) is 6.34. The van der Waals surface area contributed by atoms with E-state index in [0.29, 0.717) is 11.4 Å². The number of primary sulfonamides is 1. The Balaban J connectivity index is 2.92. The summed E-state index contributed by atoms with van der Waals surface area (Å²) >= 11 is 0. The summed E-state index contributed by atoms with van der Waals surface area (Å²) in [7, 11) is -3.79. The molecule has 8 heteroatoms.